The van der Waals surface area contributed by atoms with E-state index in [1.54, 1.807) is 0 Å². The third kappa shape index (κ3) is 4.05. The van der Waals surface area contributed by atoms with Crippen molar-refractivity contribution in [2.45, 2.75) is 26.3 Å². The number of rotatable bonds is 6. The number of aryl methyl sites for hydroxylation is 3. The summed E-state index contributed by atoms with van der Waals surface area (Å²) in [6.45, 7) is 6.29. The molecule has 0 saturated carbocycles. The summed E-state index contributed by atoms with van der Waals surface area (Å²) in [6.07, 6.45) is 0. The van der Waals surface area contributed by atoms with Crippen LogP contribution in [-0.2, 0) is 5.54 Å². The Bertz CT molecular complexity index is 1870. The van der Waals surface area contributed by atoms with Gasteiger partial charge < -0.3 is 4.57 Å². The van der Waals surface area contributed by atoms with E-state index in [1.807, 2.05) is 0 Å². The van der Waals surface area contributed by atoms with Gasteiger partial charge in [-0.3, -0.25) is 0 Å². The average molecular weight is 569 g/mol. The summed E-state index contributed by atoms with van der Waals surface area (Å²) >= 11 is 2.98. The standard InChI is InChI=1S/C35H28N4S2/c1-23-31(21-40-37-23)26-19-30(32-22-41-38-24(32)2)34-33(20-26)39(25(3)36-34)35(27-13-7-4-8-14-27,28-15-9-5-10-16-28)29-17-11-6-12-18-29/h4-22H,1-3H3. The van der Waals surface area contributed by atoms with Crippen LogP contribution in [0.5, 0.6) is 0 Å². The molecule has 4 nitrogen and oxygen atoms in total. The predicted octanol–water partition coefficient (Wildman–Crippen LogP) is 9.05. The van der Waals surface area contributed by atoms with Crippen molar-refractivity contribution in [1.29, 1.82) is 0 Å². The lowest BCUT2D eigenvalue weighted by Crippen LogP contribution is -2.38. The van der Waals surface area contributed by atoms with Gasteiger partial charge in [-0.2, -0.15) is 8.75 Å². The number of nitrogens with zero attached hydrogens (tertiary/aromatic N) is 4. The normalized spacial score (nSPS) is 11.8. The van der Waals surface area contributed by atoms with Gasteiger partial charge in [0.05, 0.1) is 22.4 Å². The van der Waals surface area contributed by atoms with Gasteiger partial charge in [0.1, 0.15) is 11.4 Å². The summed E-state index contributed by atoms with van der Waals surface area (Å²) in [5.41, 5.74) is 11.5. The molecule has 0 amide bonds. The van der Waals surface area contributed by atoms with E-state index in [2.05, 4.69) is 148 Å². The van der Waals surface area contributed by atoms with Gasteiger partial charge in [-0.25, -0.2) is 4.98 Å². The molecule has 0 saturated heterocycles. The largest absolute Gasteiger partial charge is 0.309 e. The minimum atomic E-state index is -0.664. The molecule has 41 heavy (non-hydrogen) atoms. The minimum absolute atomic E-state index is 0.664. The van der Waals surface area contributed by atoms with Crippen LogP contribution in [0.2, 0.25) is 0 Å². The molecule has 200 valence electrons. The first kappa shape index (κ1) is 25.6. The first-order valence-corrected chi connectivity index (χ1v) is 15.3. The molecule has 7 aromatic rings. The number of fused-ring (bicyclic) bond motifs is 1. The zero-order valence-corrected chi connectivity index (χ0v) is 24.7. The molecular formula is C35H28N4S2. The second kappa shape index (κ2) is 10.2. The lowest BCUT2D eigenvalue weighted by atomic mass is 9.76. The second-order valence-electron chi connectivity index (χ2n) is 10.3. The molecule has 0 aliphatic rings. The van der Waals surface area contributed by atoms with Crippen LogP contribution in [0.4, 0.5) is 0 Å². The monoisotopic (exact) mass is 568 g/mol. The first-order chi connectivity index (χ1) is 20.1. The molecule has 0 unspecified atom stereocenters. The molecule has 0 bridgehead atoms. The molecule has 0 radical (unpaired) electrons. The number of imidazole rings is 1. The molecular weight excluding hydrogens is 541 g/mol. The van der Waals surface area contributed by atoms with Crippen LogP contribution in [0.1, 0.15) is 33.9 Å². The molecule has 0 atom stereocenters. The highest BCUT2D eigenvalue weighted by molar-refractivity contribution is 7.04. The van der Waals surface area contributed by atoms with Gasteiger partial charge in [-0.1, -0.05) is 91.0 Å². The summed E-state index contributed by atoms with van der Waals surface area (Å²) in [5, 5.41) is 4.28. The molecule has 3 aromatic heterocycles. The Kier molecular flexibility index (Phi) is 6.37. The fourth-order valence-electron chi connectivity index (χ4n) is 6.12. The van der Waals surface area contributed by atoms with E-state index in [1.165, 1.54) is 39.8 Å². The predicted molar refractivity (Wildman–Crippen MR) is 171 cm³/mol. The first-order valence-electron chi connectivity index (χ1n) is 13.6. The van der Waals surface area contributed by atoms with Gasteiger partial charge in [0.15, 0.2) is 0 Å². The number of aromatic nitrogens is 4. The highest BCUT2D eigenvalue weighted by Crippen LogP contribution is 2.46. The maximum absolute atomic E-state index is 5.32. The Balaban J connectivity index is 1.68. The maximum Gasteiger partial charge on any atom is 0.122 e. The summed E-state index contributed by atoms with van der Waals surface area (Å²) in [7, 11) is 0. The molecule has 0 fully saturated rings. The summed E-state index contributed by atoms with van der Waals surface area (Å²) in [6, 6.07) is 37.0. The number of hydrogen-bond acceptors (Lipinski definition) is 5. The van der Waals surface area contributed by atoms with Crippen molar-refractivity contribution < 1.29 is 0 Å². The van der Waals surface area contributed by atoms with Crippen LogP contribution in [0.25, 0.3) is 33.3 Å². The zero-order valence-electron chi connectivity index (χ0n) is 23.1. The van der Waals surface area contributed by atoms with Gasteiger partial charge in [0, 0.05) is 27.5 Å². The lowest BCUT2D eigenvalue weighted by Gasteiger charge is -2.39. The van der Waals surface area contributed by atoms with Crippen LogP contribution in [0.15, 0.2) is 114 Å². The summed E-state index contributed by atoms with van der Waals surface area (Å²) < 4.78 is 11.7. The summed E-state index contributed by atoms with van der Waals surface area (Å²) in [5.74, 6) is 0.941. The maximum atomic E-state index is 5.32. The number of hydrogen-bond donors (Lipinski definition) is 0. The molecule has 0 spiro atoms. The van der Waals surface area contributed by atoms with E-state index in [-0.39, 0.29) is 0 Å². The second-order valence-corrected chi connectivity index (χ2v) is 11.6. The third-order valence-corrected chi connectivity index (χ3v) is 9.38. The van der Waals surface area contributed by atoms with Crippen molar-refractivity contribution in [1.82, 2.24) is 18.3 Å². The fourth-order valence-corrected chi connectivity index (χ4v) is 7.56. The molecule has 3 heterocycles. The Morgan fingerprint density at radius 3 is 1.54 bits per heavy atom. The summed E-state index contributed by atoms with van der Waals surface area (Å²) in [4.78, 5) is 5.32. The van der Waals surface area contributed by atoms with E-state index in [0.717, 1.165) is 50.5 Å². The van der Waals surface area contributed by atoms with Gasteiger partial charge in [0.2, 0.25) is 0 Å². The van der Waals surface area contributed by atoms with Crippen molar-refractivity contribution in [3.8, 4) is 22.3 Å². The smallest absolute Gasteiger partial charge is 0.122 e. The minimum Gasteiger partial charge on any atom is -0.309 e. The Morgan fingerprint density at radius 1 is 0.585 bits per heavy atom. The molecule has 0 aliphatic heterocycles. The Hall–Kier alpha value is -4.39. The van der Waals surface area contributed by atoms with E-state index in [0.29, 0.717) is 0 Å². The van der Waals surface area contributed by atoms with E-state index >= 15 is 0 Å². The zero-order chi connectivity index (χ0) is 28.0. The van der Waals surface area contributed by atoms with Crippen molar-refractivity contribution in [3.63, 3.8) is 0 Å². The third-order valence-electron chi connectivity index (χ3n) is 7.94. The van der Waals surface area contributed by atoms with Gasteiger partial charge in [-0.05, 0) is 78.2 Å². The molecule has 0 N–H and O–H groups in total. The molecule has 0 aliphatic carbocycles. The Morgan fingerprint density at radius 2 is 1.07 bits per heavy atom. The van der Waals surface area contributed by atoms with Crippen molar-refractivity contribution in [2.75, 3.05) is 0 Å². The molecule has 6 heteroatoms. The highest BCUT2D eigenvalue weighted by Gasteiger charge is 2.41. The van der Waals surface area contributed by atoms with E-state index in [4.69, 9.17) is 4.98 Å². The van der Waals surface area contributed by atoms with Crippen molar-refractivity contribution in [2.24, 2.45) is 0 Å². The van der Waals surface area contributed by atoms with Crippen LogP contribution in [-0.4, -0.2) is 18.3 Å². The van der Waals surface area contributed by atoms with E-state index < -0.39 is 5.54 Å². The van der Waals surface area contributed by atoms with Crippen LogP contribution < -0.4 is 0 Å². The highest BCUT2D eigenvalue weighted by atomic mass is 32.1. The average Bonchev–Trinajstić information content (AvgIpc) is 3.73. The number of benzene rings is 4. The SMILES string of the molecule is Cc1nscc1-c1cc(-c2csnc2C)c2nc(C)n(C(c3ccccc3)(c3ccccc3)c3ccccc3)c2c1. The fraction of sp³-hybridized carbons (Fsp3) is 0.114. The lowest BCUT2D eigenvalue weighted by molar-refractivity contribution is 0.516. The van der Waals surface area contributed by atoms with Gasteiger partial charge in [0.25, 0.3) is 0 Å². The van der Waals surface area contributed by atoms with Gasteiger partial charge in [-0.15, -0.1) is 0 Å². The van der Waals surface area contributed by atoms with Crippen LogP contribution in [0, 0.1) is 20.8 Å². The van der Waals surface area contributed by atoms with Gasteiger partial charge >= 0.3 is 0 Å². The Labute approximate surface area is 247 Å². The molecule has 4 aromatic carbocycles. The van der Waals surface area contributed by atoms with Crippen LogP contribution in [0.3, 0.4) is 0 Å². The van der Waals surface area contributed by atoms with Crippen molar-refractivity contribution in [3.05, 3.63) is 148 Å². The topological polar surface area (TPSA) is 43.6 Å². The van der Waals surface area contributed by atoms with Crippen molar-refractivity contribution >= 4 is 34.1 Å². The quantitative estimate of drug-likeness (QED) is 0.188. The molecule has 7 rings (SSSR count). The van der Waals surface area contributed by atoms with Crippen LogP contribution >= 0.6 is 23.1 Å². The van der Waals surface area contributed by atoms with E-state index in [9.17, 15) is 0 Å².